The summed E-state index contributed by atoms with van der Waals surface area (Å²) in [6, 6.07) is 0. The summed E-state index contributed by atoms with van der Waals surface area (Å²) in [5.74, 6) is -0.277. The average molecular weight is 316 g/mol. The third-order valence-corrected chi connectivity index (χ3v) is 5.33. The molecule has 3 unspecified atom stereocenters. The SMILES string of the molecule is CC(C)=CCCC(C)C1CCC(C)C2=C1C(O)=C(C)C(=O)C2=O. The monoisotopic (exact) mass is 316 g/mol. The minimum absolute atomic E-state index is 0.0536. The molecule has 23 heavy (non-hydrogen) atoms. The van der Waals surface area contributed by atoms with Crippen LogP contribution in [0.5, 0.6) is 0 Å². The Balaban J connectivity index is 2.35. The van der Waals surface area contributed by atoms with Crippen LogP contribution >= 0.6 is 0 Å². The number of ketones is 2. The first-order chi connectivity index (χ1) is 10.8. The van der Waals surface area contributed by atoms with Gasteiger partial charge in [-0.15, -0.1) is 0 Å². The molecule has 2 aliphatic rings. The maximum absolute atomic E-state index is 12.4. The number of aliphatic hydroxyl groups is 1. The second kappa shape index (κ2) is 6.86. The molecular formula is C20H28O3. The predicted octanol–water partition coefficient (Wildman–Crippen LogP) is 4.70. The van der Waals surface area contributed by atoms with Crippen molar-refractivity contribution in [1.82, 2.24) is 0 Å². The van der Waals surface area contributed by atoms with E-state index in [1.165, 1.54) is 5.57 Å². The van der Waals surface area contributed by atoms with Crippen molar-refractivity contribution in [3.63, 3.8) is 0 Å². The molecule has 0 aromatic carbocycles. The number of hydrogen-bond donors (Lipinski definition) is 1. The molecule has 0 amide bonds. The lowest BCUT2D eigenvalue weighted by molar-refractivity contribution is -0.133. The lowest BCUT2D eigenvalue weighted by atomic mass is 9.67. The molecule has 0 aromatic rings. The van der Waals surface area contributed by atoms with Crippen molar-refractivity contribution in [2.75, 3.05) is 0 Å². The Labute approximate surface area is 139 Å². The summed E-state index contributed by atoms with van der Waals surface area (Å²) in [6.45, 7) is 9.92. The molecule has 0 aromatic heterocycles. The summed E-state index contributed by atoms with van der Waals surface area (Å²) >= 11 is 0. The fourth-order valence-corrected chi connectivity index (χ4v) is 3.84. The molecule has 0 aliphatic heterocycles. The molecule has 2 rings (SSSR count). The Morgan fingerprint density at radius 2 is 1.87 bits per heavy atom. The van der Waals surface area contributed by atoms with Gasteiger partial charge in [0.25, 0.3) is 0 Å². The lowest BCUT2D eigenvalue weighted by Gasteiger charge is -2.37. The van der Waals surface area contributed by atoms with Gasteiger partial charge in [-0.3, -0.25) is 9.59 Å². The molecule has 0 bridgehead atoms. The maximum Gasteiger partial charge on any atom is 0.232 e. The minimum atomic E-state index is -0.536. The number of allylic oxidation sites excluding steroid dienone is 5. The molecule has 3 nitrogen and oxygen atoms in total. The summed E-state index contributed by atoms with van der Waals surface area (Å²) in [4.78, 5) is 24.5. The molecule has 0 spiro atoms. The topological polar surface area (TPSA) is 54.4 Å². The van der Waals surface area contributed by atoms with E-state index in [9.17, 15) is 14.7 Å². The third kappa shape index (κ3) is 3.34. The summed E-state index contributed by atoms with van der Waals surface area (Å²) in [5.41, 5.74) is 2.86. The number of carbonyl (C=O) groups is 2. The second-order valence-corrected chi connectivity index (χ2v) is 7.38. The van der Waals surface area contributed by atoms with Gasteiger partial charge in [-0.25, -0.2) is 0 Å². The van der Waals surface area contributed by atoms with Gasteiger partial charge in [0, 0.05) is 16.7 Å². The van der Waals surface area contributed by atoms with Gasteiger partial charge in [0.05, 0.1) is 0 Å². The highest BCUT2D eigenvalue weighted by molar-refractivity contribution is 6.50. The maximum atomic E-state index is 12.4. The highest BCUT2D eigenvalue weighted by atomic mass is 16.3. The zero-order chi connectivity index (χ0) is 17.3. The van der Waals surface area contributed by atoms with Crippen LogP contribution in [0.1, 0.15) is 60.3 Å². The Hall–Kier alpha value is -1.64. The fraction of sp³-hybridized carbons (Fsp3) is 0.600. The van der Waals surface area contributed by atoms with Gasteiger partial charge in [-0.2, -0.15) is 0 Å². The van der Waals surface area contributed by atoms with Crippen molar-refractivity contribution in [3.05, 3.63) is 34.1 Å². The molecule has 0 saturated carbocycles. The van der Waals surface area contributed by atoms with Crippen molar-refractivity contribution < 1.29 is 14.7 Å². The first-order valence-corrected chi connectivity index (χ1v) is 8.62. The van der Waals surface area contributed by atoms with Crippen LogP contribution in [0.4, 0.5) is 0 Å². The first-order valence-electron chi connectivity index (χ1n) is 8.62. The van der Waals surface area contributed by atoms with Crippen molar-refractivity contribution in [1.29, 1.82) is 0 Å². The predicted molar refractivity (Wildman–Crippen MR) is 92.1 cm³/mol. The molecule has 1 N–H and O–H groups in total. The highest BCUT2D eigenvalue weighted by Gasteiger charge is 2.41. The largest absolute Gasteiger partial charge is 0.507 e. The van der Waals surface area contributed by atoms with Crippen molar-refractivity contribution in [2.45, 2.75) is 60.3 Å². The second-order valence-electron chi connectivity index (χ2n) is 7.38. The van der Waals surface area contributed by atoms with Crippen LogP contribution in [0.2, 0.25) is 0 Å². The van der Waals surface area contributed by atoms with E-state index in [1.807, 2.05) is 6.92 Å². The van der Waals surface area contributed by atoms with E-state index in [2.05, 4.69) is 26.8 Å². The fourth-order valence-electron chi connectivity index (χ4n) is 3.84. The number of Topliss-reactive ketones (excluding diaryl/α,β-unsaturated/α-hetero) is 2. The number of carbonyl (C=O) groups excluding carboxylic acids is 2. The number of aliphatic hydroxyl groups excluding tert-OH is 1. The van der Waals surface area contributed by atoms with Crippen molar-refractivity contribution in [2.24, 2.45) is 17.8 Å². The van der Waals surface area contributed by atoms with Crippen LogP contribution in [-0.2, 0) is 9.59 Å². The quantitative estimate of drug-likeness (QED) is 0.465. The molecule has 0 radical (unpaired) electrons. The Morgan fingerprint density at radius 3 is 2.48 bits per heavy atom. The molecule has 0 heterocycles. The van der Waals surface area contributed by atoms with Gasteiger partial charge in [0.15, 0.2) is 0 Å². The summed E-state index contributed by atoms with van der Waals surface area (Å²) in [7, 11) is 0. The van der Waals surface area contributed by atoms with E-state index in [0.29, 0.717) is 11.5 Å². The van der Waals surface area contributed by atoms with Gasteiger partial charge in [0.1, 0.15) is 5.76 Å². The zero-order valence-corrected chi connectivity index (χ0v) is 14.9. The van der Waals surface area contributed by atoms with E-state index >= 15 is 0 Å². The number of hydrogen-bond acceptors (Lipinski definition) is 3. The van der Waals surface area contributed by atoms with Crippen LogP contribution in [-0.4, -0.2) is 16.7 Å². The van der Waals surface area contributed by atoms with E-state index in [1.54, 1.807) is 6.92 Å². The molecule has 0 saturated heterocycles. The molecule has 126 valence electrons. The van der Waals surface area contributed by atoms with Crippen LogP contribution in [0.3, 0.4) is 0 Å². The van der Waals surface area contributed by atoms with Gasteiger partial charge < -0.3 is 5.11 Å². The Kier molecular flexibility index (Phi) is 5.28. The Bertz CT molecular complexity index is 615. The molecule has 3 atom stereocenters. The van der Waals surface area contributed by atoms with Gasteiger partial charge >= 0.3 is 0 Å². The van der Waals surface area contributed by atoms with Crippen LogP contribution < -0.4 is 0 Å². The van der Waals surface area contributed by atoms with Crippen LogP contribution in [0.15, 0.2) is 34.1 Å². The van der Waals surface area contributed by atoms with E-state index in [4.69, 9.17) is 0 Å². The standard InChI is InChI=1S/C20H28O3/c1-11(2)7-6-8-12(3)15-10-9-13(4)16-17(15)18(21)14(5)19(22)20(16)23/h7,12-13,15,21H,6,8-10H2,1-5H3. The normalized spacial score (nSPS) is 26.3. The minimum Gasteiger partial charge on any atom is -0.507 e. The average Bonchev–Trinajstić information content (AvgIpc) is 2.49. The summed E-state index contributed by atoms with van der Waals surface area (Å²) in [5, 5.41) is 10.5. The van der Waals surface area contributed by atoms with Gasteiger partial charge in [-0.05, 0) is 64.2 Å². The molecular weight excluding hydrogens is 288 g/mol. The van der Waals surface area contributed by atoms with E-state index in [0.717, 1.165) is 31.3 Å². The molecule has 3 heteroatoms. The third-order valence-electron chi connectivity index (χ3n) is 5.33. The van der Waals surface area contributed by atoms with Gasteiger partial charge in [-0.1, -0.05) is 25.5 Å². The van der Waals surface area contributed by atoms with Crippen LogP contribution in [0, 0.1) is 17.8 Å². The molecule has 0 fully saturated rings. The van der Waals surface area contributed by atoms with E-state index in [-0.39, 0.29) is 23.2 Å². The summed E-state index contributed by atoms with van der Waals surface area (Å²) in [6.07, 6.45) is 6.13. The first kappa shape index (κ1) is 17.7. The Morgan fingerprint density at radius 1 is 1.22 bits per heavy atom. The van der Waals surface area contributed by atoms with Crippen LogP contribution in [0.25, 0.3) is 0 Å². The van der Waals surface area contributed by atoms with Gasteiger partial charge in [0.2, 0.25) is 11.6 Å². The lowest BCUT2D eigenvalue weighted by Crippen LogP contribution is -2.35. The highest BCUT2D eigenvalue weighted by Crippen LogP contribution is 2.45. The number of rotatable bonds is 4. The smallest absolute Gasteiger partial charge is 0.232 e. The van der Waals surface area contributed by atoms with Crippen molar-refractivity contribution in [3.8, 4) is 0 Å². The zero-order valence-electron chi connectivity index (χ0n) is 14.9. The molecule has 2 aliphatic carbocycles. The van der Waals surface area contributed by atoms with Crippen molar-refractivity contribution >= 4 is 11.6 Å². The summed E-state index contributed by atoms with van der Waals surface area (Å²) < 4.78 is 0. The van der Waals surface area contributed by atoms with E-state index < -0.39 is 11.6 Å².